The Balaban J connectivity index is 1.93. The van der Waals surface area contributed by atoms with Crippen LogP contribution in [0.5, 0.6) is 0 Å². The Hall–Kier alpha value is -2.49. The molecule has 0 unspecified atom stereocenters. The fourth-order valence-electron chi connectivity index (χ4n) is 1.49. The lowest BCUT2D eigenvalue weighted by Gasteiger charge is -2.20. The van der Waals surface area contributed by atoms with Crippen molar-refractivity contribution in [3.05, 3.63) is 60.7 Å². The monoisotopic (exact) mass is 241 g/mol. The Kier molecular flexibility index (Phi) is 3.81. The highest BCUT2D eigenvalue weighted by Gasteiger charge is 2.07. The molecular weight excluding hydrogens is 226 g/mol. The van der Waals surface area contributed by atoms with Crippen molar-refractivity contribution in [2.45, 2.75) is 0 Å². The van der Waals surface area contributed by atoms with Crippen LogP contribution in [-0.2, 0) is 0 Å². The number of hydrogen-bond donors (Lipinski definition) is 2. The molecule has 0 saturated heterocycles. The molecule has 0 radical (unpaired) electrons. The predicted molar refractivity (Wildman–Crippen MR) is 73.3 cm³/mol. The normalized spacial score (nSPS) is 9.61. The van der Waals surface area contributed by atoms with Crippen molar-refractivity contribution < 1.29 is 4.79 Å². The summed E-state index contributed by atoms with van der Waals surface area (Å²) in [7, 11) is 1.67. The van der Waals surface area contributed by atoms with Crippen LogP contribution in [0.2, 0.25) is 0 Å². The van der Waals surface area contributed by atoms with E-state index in [2.05, 4.69) is 10.7 Å². The van der Waals surface area contributed by atoms with Gasteiger partial charge in [0.2, 0.25) is 0 Å². The molecule has 4 heteroatoms. The number of rotatable bonds is 3. The molecule has 0 heterocycles. The molecule has 0 bridgehead atoms. The van der Waals surface area contributed by atoms with Gasteiger partial charge >= 0.3 is 6.03 Å². The van der Waals surface area contributed by atoms with Crippen LogP contribution in [0, 0.1) is 0 Å². The number of carbonyl (C=O) groups is 1. The molecule has 0 fully saturated rings. The molecule has 0 aliphatic carbocycles. The number of nitrogens with zero attached hydrogens (tertiary/aromatic N) is 1. The number of benzene rings is 2. The molecule has 92 valence electrons. The molecule has 0 aromatic heterocycles. The number of carbonyl (C=O) groups excluding carboxylic acids is 1. The van der Waals surface area contributed by atoms with Crippen LogP contribution >= 0.6 is 0 Å². The van der Waals surface area contributed by atoms with Gasteiger partial charge in [0.15, 0.2) is 0 Å². The number of hydrazine groups is 1. The number of urea groups is 1. The van der Waals surface area contributed by atoms with Crippen LogP contribution < -0.4 is 10.7 Å². The standard InChI is InChI=1S/C14H15N3O/c1-17(16-13-10-6-3-7-11-13)14(18)15-12-8-4-2-5-9-12/h2-11,16H,1H3,(H,15,18). The fraction of sp³-hybridized carbons (Fsp3) is 0.0714. The molecule has 2 rings (SSSR count). The van der Waals surface area contributed by atoms with Crippen LogP contribution in [0.4, 0.5) is 16.2 Å². The molecule has 0 aliphatic heterocycles. The van der Waals surface area contributed by atoms with Crippen LogP contribution in [0.3, 0.4) is 0 Å². The third-order valence-corrected chi connectivity index (χ3v) is 2.40. The molecule has 2 amide bonds. The van der Waals surface area contributed by atoms with Crippen molar-refractivity contribution in [2.24, 2.45) is 0 Å². The topological polar surface area (TPSA) is 44.4 Å². The second-order valence-electron chi connectivity index (χ2n) is 3.83. The number of para-hydroxylation sites is 2. The summed E-state index contributed by atoms with van der Waals surface area (Å²) in [5.74, 6) is 0. The number of amides is 2. The van der Waals surface area contributed by atoms with Gasteiger partial charge < -0.3 is 5.32 Å². The third-order valence-electron chi connectivity index (χ3n) is 2.40. The van der Waals surface area contributed by atoms with E-state index in [1.165, 1.54) is 5.01 Å². The van der Waals surface area contributed by atoms with Gasteiger partial charge in [0.1, 0.15) is 0 Å². The smallest absolute Gasteiger partial charge is 0.306 e. The van der Waals surface area contributed by atoms with Crippen molar-refractivity contribution in [1.82, 2.24) is 5.01 Å². The van der Waals surface area contributed by atoms with Gasteiger partial charge in [-0.15, -0.1) is 0 Å². The second-order valence-corrected chi connectivity index (χ2v) is 3.83. The zero-order valence-corrected chi connectivity index (χ0v) is 10.1. The fourth-order valence-corrected chi connectivity index (χ4v) is 1.49. The number of anilines is 2. The molecule has 18 heavy (non-hydrogen) atoms. The highest BCUT2D eigenvalue weighted by molar-refractivity contribution is 5.89. The number of hydrogen-bond acceptors (Lipinski definition) is 2. The quantitative estimate of drug-likeness (QED) is 0.811. The summed E-state index contributed by atoms with van der Waals surface area (Å²) in [6.45, 7) is 0. The molecule has 0 aliphatic rings. The van der Waals surface area contributed by atoms with Crippen LogP contribution in [0.1, 0.15) is 0 Å². The van der Waals surface area contributed by atoms with E-state index in [4.69, 9.17) is 0 Å². The van der Waals surface area contributed by atoms with Crippen molar-refractivity contribution in [1.29, 1.82) is 0 Å². The molecule has 0 spiro atoms. The zero-order chi connectivity index (χ0) is 12.8. The first-order valence-corrected chi connectivity index (χ1v) is 5.67. The Morgan fingerprint density at radius 2 is 1.39 bits per heavy atom. The highest BCUT2D eigenvalue weighted by Crippen LogP contribution is 2.08. The minimum absolute atomic E-state index is 0.218. The average Bonchev–Trinajstić information content (AvgIpc) is 2.41. The lowest BCUT2D eigenvalue weighted by molar-refractivity contribution is 0.230. The minimum atomic E-state index is -0.218. The molecule has 4 nitrogen and oxygen atoms in total. The maximum absolute atomic E-state index is 11.9. The van der Waals surface area contributed by atoms with Gasteiger partial charge in [0.25, 0.3) is 0 Å². The Bertz CT molecular complexity index is 499. The Morgan fingerprint density at radius 1 is 0.889 bits per heavy atom. The first kappa shape index (κ1) is 12.0. The Labute approximate surface area is 106 Å². The SMILES string of the molecule is CN(Nc1ccccc1)C(=O)Nc1ccccc1. The summed E-state index contributed by atoms with van der Waals surface area (Å²) in [5, 5.41) is 4.19. The van der Waals surface area contributed by atoms with Gasteiger partial charge in [-0.1, -0.05) is 36.4 Å². The molecular formula is C14H15N3O. The van der Waals surface area contributed by atoms with Crippen LogP contribution in [0.15, 0.2) is 60.7 Å². The maximum atomic E-state index is 11.9. The third kappa shape index (κ3) is 3.25. The van der Waals surface area contributed by atoms with E-state index >= 15 is 0 Å². The molecule has 2 aromatic carbocycles. The van der Waals surface area contributed by atoms with Gasteiger partial charge in [-0.25, -0.2) is 9.80 Å². The van der Waals surface area contributed by atoms with Crippen molar-refractivity contribution in [2.75, 3.05) is 17.8 Å². The predicted octanol–water partition coefficient (Wildman–Crippen LogP) is 3.18. The van der Waals surface area contributed by atoms with Gasteiger partial charge in [-0.2, -0.15) is 0 Å². The van der Waals surface area contributed by atoms with Gasteiger partial charge in [-0.05, 0) is 24.3 Å². The average molecular weight is 241 g/mol. The summed E-state index contributed by atoms with van der Waals surface area (Å²) in [6, 6.07) is 18.7. The zero-order valence-electron chi connectivity index (χ0n) is 10.1. The summed E-state index contributed by atoms with van der Waals surface area (Å²) in [4.78, 5) is 11.9. The van der Waals surface area contributed by atoms with Crippen LogP contribution in [-0.4, -0.2) is 18.1 Å². The van der Waals surface area contributed by atoms with E-state index in [0.29, 0.717) is 0 Å². The Morgan fingerprint density at radius 3 is 1.94 bits per heavy atom. The first-order chi connectivity index (χ1) is 8.75. The maximum Gasteiger partial charge on any atom is 0.340 e. The van der Waals surface area contributed by atoms with E-state index in [-0.39, 0.29) is 6.03 Å². The van der Waals surface area contributed by atoms with E-state index in [1.807, 2.05) is 60.7 Å². The molecule has 2 N–H and O–H groups in total. The lowest BCUT2D eigenvalue weighted by Crippen LogP contribution is -2.35. The van der Waals surface area contributed by atoms with Crippen molar-refractivity contribution in [3.8, 4) is 0 Å². The molecule has 2 aromatic rings. The summed E-state index contributed by atoms with van der Waals surface area (Å²) in [6.07, 6.45) is 0. The summed E-state index contributed by atoms with van der Waals surface area (Å²) < 4.78 is 0. The van der Waals surface area contributed by atoms with Crippen molar-refractivity contribution >= 4 is 17.4 Å². The van der Waals surface area contributed by atoms with Gasteiger partial charge in [0, 0.05) is 12.7 Å². The van der Waals surface area contributed by atoms with E-state index < -0.39 is 0 Å². The van der Waals surface area contributed by atoms with Gasteiger partial charge in [0.05, 0.1) is 5.69 Å². The second kappa shape index (κ2) is 5.72. The first-order valence-electron chi connectivity index (χ1n) is 5.67. The van der Waals surface area contributed by atoms with E-state index in [1.54, 1.807) is 7.05 Å². The number of nitrogens with one attached hydrogen (secondary N) is 2. The summed E-state index contributed by atoms with van der Waals surface area (Å²) >= 11 is 0. The molecule has 0 atom stereocenters. The largest absolute Gasteiger partial charge is 0.340 e. The summed E-state index contributed by atoms with van der Waals surface area (Å²) in [5.41, 5.74) is 4.62. The lowest BCUT2D eigenvalue weighted by atomic mass is 10.3. The minimum Gasteiger partial charge on any atom is -0.306 e. The van der Waals surface area contributed by atoms with E-state index in [9.17, 15) is 4.79 Å². The van der Waals surface area contributed by atoms with Crippen molar-refractivity contribution in [3.63, 3.8) is 0 Å². The van der Waals surface area contributed by atoms with E-state index in [0.717, 1.165) is 11.4 Å². The van der Waals surface area contributed by atoms with Crippen LogP contribution in [0.25, 0.3) is 0 Å². The van der Waals surface area contributed by atoms with Gasteiger partial charge in [-0.3, -0.25) is 5.43 Å². The molecule has 0 saturated carbocycles. The highest BCUT2D eigenvalue weighted by atomic mass is 16.2.